The van der Waals surface area contributed by atoms with Crippen molar-refractivity contribution in [3.8, 4) is 0 Å². The molecule has 0 aromatic heterocycles. The first-order valence-corrected chi connectivity index (χ1v) is 6.70. The third-order valence-corrected chi connectivity index (χ3v) is 3.69. The summed E-state index contributed by atoms with van der Waals surface area (Å²) in [7, 11) is 0. The van der Waals surface area contributed by atoms with Crippen LogP contribution in [0, 0.1) is 10.1 Å². The van der Waals surface area contributed by atoms with Crippen LogP contribution in [0.25, 0.3) is 0 Å². The van der Waals surface area contributed by atoms with Crippen LogP contribution < -0.4 is 11.1 Å². The van der Waals surface area contributed by atoms with Crippen molar-refractivity contribution in [1.82, 2.24) is 5.32 Å². The van der Waals surface area contributed by atoms with Gasteiger partial charge in [0.25, 0.3) is 5.69 Å². The Kier molecular flexibility index (Phi) is 4.17. The van der Waals surface area contributed by atoms with E-state index in [0.29, 0.717) is 17.0 Å². The van der Waals surface area contributed by atoms with Gasteiger partial charge in [0.05, 0.1) is 16.4 Å². The number of nitrogens with zero attached hydrogens (tertiary/aromatic N) is 1. The van der Waals surface area contributed by atoms with Crippen molar-refractivity contribution < 1.29 is 19.6 Å². The highest BCUT2D eigenvalue weighted by molar-refractivity contribution is 6.00. The van der Waals surface area contributed by atoms with Gasteiger partial charge in [-0.2, -0.15) is 0 Å². The number of carboxylic acids is 1. The van der Waals surface area contributed by atoms with Gasteiger partial charge >= 0.3 is 5.97 Å². The number of allylic oxidation sites excluding steroid dienone is 2. The van der Waals surface area contributed by atoms with E-state index in [1.807, 2.05) is 0 Å². The number of benzene rings is 1. The van der Waals surface area contributed by atoms with E-state index >= 15 is 0 Å². The molecule has 8 heteroatoms. The van der Waals surface area contributed by atoms with Gasteiger partial charge in [-0.25, -0.2) is 4.79 Å². The van der Waals surface area contributed by atoms with Crippen molar-refractivity contribution >= 4 is 17.6 Å². The number of aliphatic carboxylic acids is 1. The van der Waals surface area contributed by atoms with Gasteiger partial charge in [-0.3, -0.25) is 14.9 Å². The number of dihydropyridines is 1. The summed E-state index contributed by atoms with van der Waals surface area (Å²) in [6.07, 6.45) is 0. The van der Waals surface area contributed by atoms with Gasteiger partial charge in [-0.05, 0) is 19.4 Å². The number of amides is 1. The summed E-state index contributed by atoms with van der Waals surface area (Å²) in [4.78, 5) is 33.6. The molecule has 0 aliphatic carbocycles. The van der Waals surface area contributed by atoms with E-state index in [2.05, 4.69) is 5.32 Å². The maximum Gasteiger partial charge on any atom is 0.334 e. The van der Waals surface area contributed by atoms with Gasteiger partial charge in [0.1, 0.15) is 0 Å². The van der Waals surface area contributed by atoms with Gasteiger partial charge in [0.2, 0.25) is 5.91 Å². The van der Waals surface area contributed by atoms with Crippen molar-refractivity contribution in [3.63, 3.8) is 0 Å². The van der Waals surface area contributed by atoms with Gasteiger partial charge in [-0.1, -0.05) is 12.1 Å². The van der Waals surface area contributed by atoms with E-state index in [0.717, 1.165) is 0 Å². The number of nitrogens with two attached hydrogens (primary N) is 1. The van der Waals surface area contributed by atoms with E-state index in [1.165, 1.54) is 24.3 Å². The Balaban J connectivity index is 2.64. The minimum absolute atomic E-state index is 0.0155. The van der Waals surface area contributed by atoms with Gasteiger partial charge in [-0.15, -0.1) is 0 Å². The molecule has 0 saturated carbocycles. The van der Waals surface area contributed by atoms with E-state index in [1.54, 1.807) is 13.8 Å². The summed E-state index contributed by atoms with van der Waals surface area (Å²) < 4.78 is 0. The van der Waals surface area contributed by atoms with Crippen LogP contribution in [0.4, 0.5) is 5.69 Å². The first-order chi connectivity index (χ1) is 10.7. The normalized spacial score (nSPS) is 17.7. The van der Waals surface area contributed by atoms with E-state index in [-0.39, 0.29) is 16.8 Å². The molecule has 1 aliphatic heterocycles. The molecule has 1 aliphatic rings. The minimum Gasteiger partial charge on any atom is -0.478 e. The number of carbonyl (C=O) groups excluding carboxylic acids is 1. The van der Waals surface area contributed by atoms with Gasteiger partial charge < -0.3 is 16.2 Å². The number of nitro groups is 1. The fraction of sp³-hybridized carbons (Fsp3) is 0.200. The van der Waals surface area contributed by atoms with Crippen molar-refractivity contribution in [2.24, 2.45) is 5.73 Å². The molecule has 120 valence electrons. The highest BCUT2D eigenvalue weighted by atomic mass is 16.6. The lowest BCUT2D eigenvalue weighted by atomic mass is 9.80. The van der Waals surface area contributed by atoms with Crippen LogP contribution in [0.2, 0.25) is 0 Å². The molecule has 0 saturated heterocycles. The van der Waals surface area contributed by atoms with Crippen molar-refractivity contribution in [2.45, 2.75) is 19.8 Å². The molecule has 8 nitrogen and oxygen atoms in total. The molecule has 0 radical (unpaired) electrons. The summed E-state index contributed by atoms with van der Waals surface area (Å²) >= 11 is 0. The predicted molar refractivity (Wildman–Crippen MR) is 81.2 cm³/mol. The second kappa shape index (κ2) is 5.91. The number of carboxylic acid groups (broad SMARTS) is 1. The maximum atomic E-state index is 11.8. The number of non-ortho nitro benzene ring substituents is 1. The van der Waals surface area contributed by atoms with Crippen molar-refractivity contribution in [3.05, 3.63) is 62.5 Å². The molecule has 0 fully saturated rings. The number of nitrogens with one attached hydrogen (secondary N) is 1. The zero-order valence-electron chi connectivity index (χ0n) is 12.5. The fourth-order valence-electron chi connectivity index (χ4n) is 2.73. The molecule has 4 N–H and O–H groups in total. The Morgan fingerprint density at radius 3 is 2.13 bits per heavy atom. The van der Waals surface area contributed by atoms with Crippen LogP contribution in [-0.2, 0) is 9.59 Å². The molecule has 1 amide bonds. The summed E-state index contributed by atoms with van der Waals surface area (Å²) in [5, 5.41) is 23.1. The Labute approximate surface area is 131 Å². The second-order valence-corrected chi connectivity index (χ2v) is 5.15. The average Bonchev–Trinajstić information content (AvgIpc) is 2.45. The lowest BCUT2D eigenvalue weighted by molar-refractivity contribution is -0.384. The van der Waals surface area contributed by atoms with Crippen molar-refractivity contribution in [2.75, 3.05) is 0 Å². The van der Waals surface area contributed by atoms with Crippen LogP contribution in [0.1, 0.15) is 25.3 Å². The topological polar surface area (TPSA) is 136 Å². The number of hydrogen-bond donors (Lipinski definition) is 3. The molecule has 1 aromatic rings. The number of nitro benzene ring substituents is 1. The number of carbonyl (C=O) groups is 2. The Hall–Kier alpha value is -3.16. The highest BCUT2D eigenvalue weighted by Crippen LogP contribution is 2.38. The lowest BCUT2D eigenvalue weighted by Gasteiger charge is -2.29. The lowest BCUT2D eigenvalue weighted by Crippen LogP contribution is -2.33. The average molecular weight is 317 g/mol. The fourth-order valence-corrected chi connectivity index (χ4v) is 2.73. The monoisotopic (exact) mass is 317 g/mol. The first-order valence-electron chi connectivity index (χ1n) is 6.70. The molecule has 1 atom stereocenters. The van der Waals surface area contributed by atoms with Crippen LogP contribution in [0.5, 0.6) is 0 Å². The van der Waals surface area contributed by atoms with Crippen LogP contribution >= 0.6 is 0 Å². The number of rotatable bonds is 4. The SMILES string of the molecule is CC1=C(C(N)=O)C(c2ccc([N+](=O)[O-])cc2)C(C(=O)O)=C(C)N1. The molecule has 2 rings (SSSR count). The summed E-state index contributed by atoms with van der Waals surface area (Å²) in [6, 6.07) is 5.39. The first kappa shape index (κ1) is 16.2. The Morgan fingerprint density at radius 2 is 1.70 bits per heavy atom. The Bertz CT molecular complexity index is 726. The summed E-state index contributed by atoms with van der Waals surface area (Å²) in [6.45, 7) is 3.21. The maximum absolute atomic E-state index is 11.8. The van der Waals surface area contributed by atoms with Gasteiger partial charge in [0.15, 0.2) is 0 Å². The third-order valence-electron chi connectivity index (χ3n) is 3.69. The molecule has 23 heavy (non-hydrogen) atoms. The predicted octanol–water partition coefficient (Wildman–Crippen LogP) is 1.40. The summed E-state index contributed by atoms with van der Waals surface area (Å²) in [5.41, 5.74) is 6.70. The molecule has 1 aromatic carbocycles. The van der Waals surface area contributed by atoms with E-state index < -0.39 is 22.7 Å². The Morgan fingerprint density at radius 1 is 1.17 bits per heavy atom. The zero-order chi connectivity index (χ0) is 17.3. The molecular weight excluding hydrogens is 302 g/mol. The van der Waals surface area contributed by atoms with Crippen molar-refractivity contribution in [1.29, 1.82) is 0 Å². The van der Waals surface area contributed by atoms with Gasteiger partial charge in [0, 0.05) is 29.1 Å². The number of hydrogen-bond acceptors (Lipinski definition) is 5. The third kappa shape index (κ3) is 2.91. The molecule has 1 heterocycles. The second-order valence-electron chi connectivity index (χ2n) is 5.15. The van der Waals surface area contributed by atoms with Crippen LogP contribution in [0.3, 0.4) is 0 Å². The van der Waals surface area contributed by atoms with E-state index in [4.69, 9.17) is 5.73 Å². The number of primary amides is 1. The largest absolute Gasteiger partial charge is 0.478 e. The molecule has 1 unspecified atom stereocenters. The highest BCUT2D eigenvalue weighted by Gasteiger charge is 2.35. The molecular formula is C15H15N3O5. The standard InChI is InChI=1S/C15H15N3O5/c1-7-11(14(16)19)13(12(15(20)21)8(2)17-7)9-3-5-10(6-4-9)18(22)23/h3-6,13,17H,1-2H3,(H2,16,19)(H,20,21). The molecule has 0 spiro atoms. The summed E-state index contributed by atoms with van der Waals surface area (Å²) in [5.74, 6) is -2.82. The van der Waals surface area contributed by atoms with Crippen LogP contribution in [-0.4, -0.2) is 21.9 Å². The smallest absolute Gasteiger partial charge is 0.334 e. The minimum atomic E-state index is -1.19. The zero-order valence-corrected chi connectivity index (χ0v) is 12.5. The van der Waals surface area contributed by atoms with Crippen LogP contribution in [0.15, 0.2) is 46.8 Å². The molecule has 0 bridgehead atoms. The van der Waals surface area contributed by atoms with E-state index in [9.17, 15) is 24.8 Å². The quantitative estimate of drug-likeness (QED) is 0.567.